The molecule has 2 aromatic rings. The highest BCUT2D eigenvalue weighted by Gasteiger charge is 2.25. The second-order valence-electron chi connectivity index (χ2n) is 5.70. The molecule has 0 amide bonds. The third kappa shape index (κ3) is 2.80. The first-order valence-corrected chi connectivity index (χ1v) is 7.45. The number of benzene rings is 2. The molecule has 0 fully saturated rings. The van der Waals surface area contributed by atoms with Gasteiger partial charge in [0.05, 0.1) is 0 Å². The standard InChI is InChI=1S/C18H22N2O/c1-12-7-15-9-16(11-20-2)21-18(15)17(8-12)14-5-3-13(10-19)4-6-14/h3-8,16,20H,9-11,19H2,1-2H3. The topological polar surface area (TPSA) is 47.3 Å². The molecule has 3 rings (SSSR count). The molecule has 0 bridgehead atoms. The molecule has 1 unspecified atom stereocenters. The van der Waals surface area contributed by atoms with E-state index in [4.69, 9.17) is 10.5 Å². The van der Waals surface area contributed by atoms with Crippen LogP contribution in [0.1, 0.15) is 16.7 Å². The van der Waals surface area contributed by atoms with E-state index in [2.05, 4.69) is 48.6 Å². The first-order valence-electron chi connectivity index (χ1n) is 7.45. The second-order valence-corrected chi connectivity index (χ2v) is 5.70. The molecule has 0 radical (unpaired) electrons. The number of fused-ring (bicyclic) bond motifs is 1. The lowest BCUT2D eigenvalue weighted by molar-refractivity contribution is 0.232. The Labute approximate surface area is 126 Å². The van der Waals surface area contributed by atoms with Crippen molar-refractivity contribution in [3.8, 4) is 16.9 Å². The van der Waals surface area contributed by atoms with Crippen molar-refractivity contribution < 1.29 is 4.74 Å². The summed E-state index contributed by atoms with van der Waals surface area (Å²) in [5, 5.41) is 3.19. The normalized spacial score (nSPS) is 16.6. The Hall–Kier alpha value is -1.84. The number of rotatable bonds is 4. The Bertz CT molecular complexity index is 634. The molecular weight excluding hydrogens is 260 g/mol. The summed E-state index contributed by atoms with van der Waals surface area (Å²) in [6.45, 7) is 3.59. The van der Waals surface area contributed by atoms with Crippen LogP contribution in [0.15, 0.2) is 36.4 Å². The van der Waals surface area contributed by atoms with Crippen molar-refractivity contribution in [2.45, 2.75) is 26.0 Å². The fourth-order valence-corrected chi connectivity index (χ4v) is 2.97. The van der Waals surface area contributed by atoms with Gasteiger partial charge < -0.3 is 15.8 Å². The fraction of sp³-hybridized carbons (Fsp3) is 0.333. The minimum atomic E-state index is 0.230. The highest BCUT2D eigenvalue weighted by Crippen LogP contribution is 2.39. The van der Waals surface area contributed by atoms with Crippen LogP contribution in [0.25, 0.3) is 11.1 Å². The number of likely N-dealkylation sites (N-methyl/N-ethyl adjacent to an activating group) is 1. The predicted molar refractivity (Wildman–Crippen MR) is 86.6 cm³/mol. The number of hydrogen-bond acceptors (Lipinski definition) is 3. The fourth-order valence-electron chi connectivity index (χ4n) is 2.97. The molecule has 110 valence electrons. The summed E-state index contributed by atoms with van der Waals surface area (Å²) in [6, 6.07) is 12.9. The van der Waals surface area contributed by atoms with Crippen LogP contribution in [-0.2, 0) is 13.0 Å². The summed E-state index contributed by atoms with van der Waals surface area (Å²) in [5.74, 6) is 1.04. The summed E-state index contributed by atoms with van der Waals surface area (Å²) >= 11 is 0. The minimum absolute atomic E-state index is 0.230. The van der Waals surface area contributed by atoms with Crippen LogP contribution >= 0.6 is 0 Å². The Balaban J connectivity index is 1.99. The van der Waals surface area contributed by atoms with Crippen molar-refractivity contribution in [3.63, 3.8) is 0 Å². The molecule has 3 nitrogen and oxygen atoms in total. The molecule has 1 aliphatic rings. The molecule has 1 aliphatic heterocycles. The molecule has 0 saturated carbocycles. The summed E-state index contributed by atoms with van der Waals surface area (Å²) in [4.78, 5) is 0. The van der Waals surface area contributed by atoms with Gasteiger partial charge in [-0.2, -0.15) is 0 Å². The van der Waals surface area contributed by atoms with Crippen LogP contribution in [0.2, 0.25) is 0 Å². The van der Waals surface area contributed by atoms with Crippen LogP contribution in [-0.4, -0.2) is 19.7 Å². The molecule has 0 spiro atoms. The number of nitrogens with two attached hydrogens (primary N) is 1. The maximum atomic E-state index is 6.16. The van der Waals surface area contributed by atoms with E-state index >= 15 is 0 Å². The lowest BCUT2D eigenvalue weighted by Gasteiger charge is -2.13. The lowest BCUT2D eigenvalue weighted by atomic mass is 9.97. The quantitative estimate of drug-likeness (QED) is 0.906. The van der Waals surface area contributed by atoms with Gasteiger partial charge in [-0.15, -0.1) is 0 Å². The zero-order chi connectivity index (χ0) is 14.8. The molecule has 0 aromatic heterocycles. The SMILES string of the molecule is CNCC1Cc2cc(C)cc(-c3ccc(CN)cc3)c2O1. The summed E-state index contributed by atoms with van der Waals surface area (Å²) in [6.07, 6.45) is 1.21. The van der Waals surface area contributed by atoms with Gasteiger partial charge in [0.2, 0.25) is 0 Å². The van der Waals surface area contributed by atoms with Crippen LogP contribution in [0.5, 0.6) is 5.75 Å². The predicted octanol–water partition coefficient (Wildman–Crippen LogP) is 2.64. The first kappa shape index (κ1) is 14.1. The van der Waals surface area contributed by atoms with E-state index in [0.717, 1.165) is 24.3 Å². The number of aryl methyl sites for hydroxylation is 1. The molecule has 3 N–H and O–H groups in total. The molecule has 21 heavy (non-hydrogen) atoms. The highest BCUT2D eigenvalue weighted by atomic mass is 16.5. The highest BCUT2D eigenvalue weighted by molar-refractivity contribution is 5.74. The smallest absolute Gasteiger partial charge is 0.130 e. The minimum Gasteiger partial charge on any atom is -0.488 e. The van der Waals surface area contributed by atoms with Gasteiger partial charge in [-0.3, -0.25) is 0 Å². The molecule has 0 aliphatic carbocycles. The Kier molecular flexibility index (Phi) is 3.95. The van der Waals surface area contributed by atoms with Crippen molar-refractivity contribution in [3.05, 3.63) is 53.1 Å². The molecule has 3 heteroatoms. The van der Waals surface area contributed by atoms with Crippen LogP contribution in [0.3, 0.4) is 0 Å². The van der Waals surface area contributed by atoms with E-state index in [9.17, 15) is 0 Å². The third-order valence-electron chi connectivity index (χ3n) is 3.97. The van der Waals surface area contributed by atoms with Gasteiger partial charge in [0.1, 0.15) is 11.9 Å². The molecule has 1 atom stereocenters. The van der Waals surface area contributed by atoms with Gasteiger partial charge in [-0.05, 0) is 42.3 Å². The Morgan fingerprint density at radius 3 is 2.67 bits per heavy atom. The van der Waals surface area contributed by atoms with Crippen molar-refractivity contribution in [2.24, 2.45) is 5.73 Å². The molecule has 2 aromatic carbocycles. The number of nitrogens with one attached hydrogen (secondary N) is 1. The van der Waals surface area contributed by atoms with E-state index in [1.807, 2.05) is 7.05 Å². The summed E-state index contributed by atoms with van der Waals surface area (Å²) < 4.78 is 6.16. The number of ether oxygens (including phenoxy) is 1. The molecule has 1 heterocycles. The average Bonchev–Trinajstić information content (AvgIpc) is 2.89. The van der Waals surface area contributed by atoms with Gasteiger partial charge in [-0.1, -0.05) is 30.3 Å². The van der Waals surface area contributed by atoms with E-state index in [1.54, 1.807) is 0 Å². The monoisotopic (exact) mass is 282 g/mol. The van der Waals surface area contributed by atoms with Gasteiger partial charge in [0.15, 0.2) is 0 Å². The van der Waals surface area contributed by atoms with Crippen LogP contribution in [0, 0.1) is 6.92 Å². The van der Waals surface area contributed by atoms with Crippen molar-refractivity contribution >= 4 is 0 Å². The van der Waals surface area contributed by atoms with Crippen molar-refractivity contribution in [1.29, 1.82) is 0 Å². The largest absolute Gasteiger partial charge is 0.488 e. The van der Waals surface area contributed by atoms with Crippen LogP contribution in [0.4, 0.5) is 0 Å². The maximum absolute atomic E-state index is 6.16. The van der Waals surface area contributed by atoms with E-state index < -0.39 is 0 Å². The van der Waals surface area contributed by atoms with Crippen molar-refractivity contribution in [1.82, 2.24) is 5.32 Å². The van der Waals surface area contributed by atoms with Gasteiger partial charge in [0.25, 0.3) is 0 Å². The molecular formula is C18H22N2O. The van der Waals surface area contributed by atoms with Gasteiger partial charge in [0, 0.05) is 25.1 Å². The summed E-state index contributed by atoms with van der Waals surface area (Å²) in [7, 11) is 1.96. The van der Waals surface area contributed by atoms with Crippen LogP contribution < -0.4 is 15.8 Å². The average molecular weight is 282 g/mol. The second kappa shape index (κ2) is 5.88. The van der Waals surface area contributed by atoms with Gasteiger partial charge in [-0.25, -0.2) is 0 Å². The first-order chi connectivity index (χ1) is 10.2. The van der Waals surface area contributed by atoms with E-state index in [-0.39, 0.29) is 6.10 Å². The van der Waals surface area contributed by atoms with Gasteiger partial charge >= 0.3 is 0 Å². The third-order valence-corrected chi connectivity index (χ3v) is 3.97. The van der Waals surface area contributed by atoms with E-state index in [1.165, 1.54) is 22.3 Å². The Morgan fingerprint density at radius 1 is 1.24 bits per heavy atom. The summed E-state index contributed by atoms with van der Waals surface area (Å²) in [5.41, 5.74) is 11.8. The molecule has 0 saturated heterocycles. The zero-order valence-corrected chi connectivity index (χ0v) is 12.6. The Morgan fingerprint density at radius 2 is 2.00 bits per heavy atom. The maximum Gasteiger partial charge on any atom is 0.130 e. The zero-order valence-electron chi connectivity index (χ0n) is 12.6. The lowest BCUT2D eigenvalue weighted by Crippen LogP contribution is -2.27. The van der Waals surface area contributed by atoms with Crippen molar-refractivity contribution in [2.75, 3.05) is 13.6 Å². The number of hydrogen-bond donors (Lipinski definition) is 2. The van der Waals surface area contributed by atoms with E-state index in [0.29, 0.717) is 6.54 Å².